The Hall–Kier alpha value is -3.06. The summed E-state index contributed by atoms with van der Waals surface area (Å²) in [6.45, 7) is 1.90. The third-order valence-electron chi connectivity index (χ3n) is 2.84. The Labute approximate surface area is 122 Å². The first-order valence-electron chi connectivity index (χ1n) is 6.28. The molecular weight excluding hydrogens is 266 g/mol. The van der Waals surface area contributed by atoms with E-state index in [9.17, 15) is 4.79 Å². The quantitative estimate of drug-likeness (QED) is 0.865. The van der Waals surface area contributed by atoms with Crippen LogP contribution in [0.4, 0.5) is 0 Å². The van der Waals surface area contributed by atoms with Gasteiger partial charge in [-0.25, -0.2) is 4.79 Å². The van der Waals surface area contributed by atoms with E-state index in [4.69, 9.17) is 15.1 Å². The second kappa shape index (κ2) is 6.40. The molecule has 21 heavy (non-hydrogen) atoms. The van der Waals surface area contributed by atoms with Gasteiger partial charge in [0.1, 0.15) is 11.5 Å². The summed E-state index contributed by atoms with van der Waals surface area (Å²) in [4.78, 5) is 10.4. The number of carboxylic acid groups (broad SMARTS) is 1. The molecule has 2 aromatic rings. The molecular formula is C17H13NO3. The van der Waals surface area contributed by atoms with E-state index in [1.165, 1.54) is 6.08 Å². The smallest absolute Gasteiger partial charge is 0.328 e. The summed E-state index contributed by atoms with van der Waals surface area (Å²) in [5.74, 6) is 0.266. The molecule has 0 amide bonds. The summed E-state index contributed by atoms with van der Waals surface area (Å²) in [6.07, 6.45) is 2.59. The minimum atomic E-state index is -0.987. The van der Waals surface area contributed by atoms with Crippen molar-refractivity contribution in [1.82, 2.24) is 0 Å². The monoisotopic (exact) mass is 279 g/mol. The Kier molecular flexibility index (Phi) is 4.37. The lowest BCUT2D eigenvalue weighted by molar-refractivity contribution is -0.131. The lowest BCUT2D eigenvalue weighted by atomic mass is 10.1. The first kappa shape index (κ1) is 14.4. The first-order valence-corrected chi connectivity index (χ1v) is 6.28. The van der Waals surface area contributed by atoms with E-state index in [1.54, 1.807) is 36.4 Å². The second-order valence-corrected chi connectivity index (χ2v) is 4.43. The van der Waals surface area contributed by atoms with Crippen molar-refractivity contribution in [3.05, 3.63) is 65.2 Å². The average Bonchev–Trinajstić information content (AvgIpc) is 2.48. The van der Waals surface area contributed by atoms with Crippen LogP contribution in [0.5, 0.6) is 11.5 Å². The molecule has 0 bridgehead atoms. The molecule has 0 saturated carbocycles. The fraction of sp³-hybridized carbons (Fsp3) is 0.0588. The minimum absolute atomic E-state index is 0.539. The Morgan fingerprint density at radius 2 is 1.95 bits per heavy atom. The minimum Gasteiger partial charge on any atom is -0.478 e. The standard InChI is InChI=1S/C17H13NO3/c1-12-2-3-14(11-18)10-16(12)21-15-7-4-13(5-8-15)6-9-17(19)20/h2-10H,1H3,(H,19,20)/b9-6+. The van der Waals surface area contributed by atoms with Crippen LogP contribution in [0.1, 0.15) is 16.7 Å². The van der Waals surface area contributed by atoms with Gasteiger partial charge < -0.3 is 9.84 Å². The van der Waals surface area contributed by atoms with Gasteiger partial charge in [-0.2, -0.15) is 5.26 Å². The summed E-state index contributed by atoms with van der Waals surface area (Å²) < 4.78 is 5.74. The van der Waals surface area contributed by atoms with Crippen LogP contribution in [0.25, 0.3) is 6.08 Å². The number of nitriles is 1. The molecule has 0 radical (unpaired) electrons. The summed E-state index contributed by atoms with van der Waals surface area (Å²) in [5.41, 5.74) is 2.24. The zero-order valence-corrected chi connectivity index (χ0v) is 11.4. The highest BCUT2D eigenvalue weighted by molar-refractivity contribution is 5.85. The summed E-state index contributed by atoms with van der Waals surface area (Å²) >= 11 is 0. The van der Waals surface area contributed by atoms with Crippen molar-refractivity contribution in [1.29, 1.82) is 5.26 Å². The Bertz CT molecular complexity index is 725. The summed E-state index contributed by atoms with van der Waals surface area (Å²) in [7, 11) is 0. The van der Waals surface area contributed by atoms with Gasteiger partial charge in [0.2, 0.25) is 0 Å². The Morgan fingerprint density at radius 1 is 1.24 bits per heavy atom. The SMILES string of the molecule is Cc1ccc(C#N)cc1Oc1ccc(/C=C/C(=O)O)cc1. The van der Waals surface area contributed by atoms with Crippen LogP contribution in [0.3, 0.4) is 0 Å². The van der Waals surface area contributed by atoms with Gasteiger partial charge in [0.05, 0.1) is 11.6 Å². The van der Waals surface area contributed by atoms with Crippen molar-refractivity contribution in [2.45, 2.75) is 6.92 Å². The Balaban J connectivity index is 2.17. The number of carboxylic acids is 1. The molecule has 0 atom stereocenters. The van der Waals surface area contributed by atoms with Crippen molar-refractivity contribution < 1.29 is 14.6 Å². The van der Waals surface area contributed by atoms with Crippen molar-refractivity contribution in [2.75, 3.05) is 0 Å². The molecule has 0 aromatic heterocycles. The topological polar surface area (TPSA) is 70.3 Å². The lowest BCUT2D eigenvalue weighted by Gasteiger charge is -2.09. The first-order chi connectivity index (χ1) is 10.1. The Morgan fingerprint density at radius 3 is 2.57 bits per heavy atom. The largest absolute Gasteiger partial charge is 0.478 e. The third kappa shape index (κ3) is 3.95. The van der Waals surface area contributed by atoms with E-state index in [0.717, 1.165) is 17.2 Å². The summed E-state index contributed by atoms with van der Waals surface area (Å²) in [6, 6.07) is 14.4. The molecule has 0 unspecified atom stereocenters. The fourth-order valence-corrected chi connectivity index (χ4v) is 1.72. The number of hydrogen-bond donors (Lipinski definition) is 1. The maximum Gasteiger partial charge on any atom is 0.328 e. The summed E-state index contributed by atoms with van der Waals surface area (Å²) in [5, 5.41) is 17.5. The maximum atomic E-state index is 10.4. The van der Waals surface area contributed by atoms with Gasteiger partial charge in [0.15, 0.2) is 0 Å². The van der Waals surface area contributed by atoms with E-state index in [0.29, 0.717) is 17.1 Å². The molecule has 2 aromatic carbocycles. The number of benzene rings is 2. The number of aliphatic carboxylic acids is 1. The highest BCUT2D eigenvalue weighted by Crippen LogP contribution is 2.26. The molecule has 0 heterocycles. The number of nitrogens with zero attached hydrogens (tertiary/aromatic N) is 1. The maximum absolute atomic E-state index is 10.4. The zero-order valence-electron chi connectivity index (χ0n) is 11.4. The average molecular weight is 279 g/mol. The van der Waals surface area contributed by atoms with Gasteiger partial charge in [-0.05, 0) is 48.4 Å². The van der Waals surface area contributed by atoms with Gasteiger partial charge in [-0.3, -0.25) is 0 Å². The molecule has 104 valence electrons. The number of ether oxygens (including phenoxy) is 1. The van der Waals surface area contributed by atoms with Crippen molar-refractivity contribution >= 4 is 12.0 Å². The van der Waals surface area contributed by atoms with Gasteiger partial charge in [-0.15, -0.1) is 0 Å². The molecule has 0 aliphatic heterocycles. The van der Waals surface area contributed by atoms with E-state index >= 15 is 0 Å². The number of hydrogen-bond acceptors (Lipinski definition) is 3. The molecule has 0 spiro atoms. The van der Waals surface area contributed by atoms with E-state index in [-0.39, 0.29) is 0 Å². The molecule has 0 aliphatic rings. The predicted octanol–water partition coefficient (Wildman–Crippen LogP) is 3.76. The van der Waals surface area contributed by atoms with Gasteiger partial charge >= 0.3 is 5.97 Å². The normalized spacial score (nSPS) is 10.3. The second-order valence-electron chi connectivity index (χ2n) is 4.43. The van der Waals surface area contributed by atoms with Crippen molar-refractivity contribution in [3.63, 3.8) is 0 Å². The molecule has 0 saturated heterocycles. The molecule has 4 nitrogen and oxygen atoms in total. The third-order valence-corrected chi connectivity index (χ3v) is 2.84. The van der Waals surface area contributed by atoms with Crippen LogP contribution in [-0.4, -0.2) is 11.1 Å². The number of rotatable bonds is 4. The number of aryl methyl sites for hydroxylation is 1. The zero-order chi connectivity index (χ0) is 15.2. The van der Waals surface area contributed by atoms with Crippen LogP contribution in [-0.2, 0) is 4.79 Å². The molecule has 0 aliphatic carbocycles. The highest BCUT2D eigenvalue weighted by atomic mass is 16.5. The van der Waals surface area contributed by atoms with Crippen LogP contribution in [0.15, 0.2) is 48.5 Å². The van der Waals surface area contributed by atoms with Crippen LogP contribution >= 0.6 is 0 Å². The van der Waals surface area contributed by atoms with Crippen molar-refractivity contribution in [3.8, 4) is 17.6 Å². The molecule has 1 N–H and O–H groups in total. The lowest BCUT2D eigenvalue weighted by Crippen LogP contribution is -1.89. The van der Waals surface area contributed by atoms with Crippen LogP contribution in [0, 0.1) is 18.3 Å². The van der Waals surface area contributed by atoms with E-state index in [1.807, 2.05) is 13.0 Å². The van der Waals surface area contributed by atoms with Crippen molar-refractivity contribution in [2.24, 2.45) is 0 Å². The van der Waals surface area contributed by atoms with Gasteiger partial charge in [0, 0.05) is 6.08 Å². The highest BCUT2D eigenvalue weighted by Gasteiger charge is 2.03. The molecule has 2 rings (SSSR count). The fourth-order valence-electron chi connectivity index (χ4n) is 1.72. The van der Waals surface area contributed by atoms with Gasteiger partial charge in [0.25, 0.3) is 0 Å². The van der Waals surface area contributed by atoms with Crippen LogP contribution in [0.2, 0.25) is 0 Å². The van der Waals surface area contributed by atoms with E-state index in [2.05, 4.69) is 6.07 Å². The molecule has 0 fully saturated rings. The molecule has 4 heteroatoms. The number of carbonyl (C=O) groups is 1. The predicted molar refractivity (Wildman–Crippen MR) is 79.1 cm³/mol. The van der Waals surface area contributed by atoms with E-state index < -0.39 is 5.97 Å². The van der Waals surface area contributed by atoms with Gasteiger partial charge in [-0.1, -0.05) is 18.2 Å². The van der Waals surface area contributed by atoms with Crippen LogP contribution < -0.4 is 4.74 Å².